The van der Waals surface area contributed by atoms with Crippen LogP contribution >= 0.6 is 15.9 Å². The molecule has 5 rings (SSSR count). The number of hydrogen-bond acceptors (Lipinski definition) is 2. The van der Waals surface area contributed by atoms with Crippen molar-refractivity contribution in [3.8, 4) is 0 Å². The van der Waals surface area contributed by atoms with Gasteiger partial charge in [0.1, 0.15) is 5.82 Å². The number of hydrogen-bond donors (Lipinski definition) is 1. The van der Waals surface area contributed by atoms with Crippen LogP contribution in [-0.4, -0.2) is 29.4 Å². The summed E-state index contributed by atoms with van der Waals surface area (Å²) >= 11 is 3.13. The maximum atomic E-state index is 13.3. The highest BCUT2D eigenvalue weighted by atomic mass is 79.9. The SMILES string of the molecule is O=C(NCC12CC(CN1Cc1ccccc1)C2)c1ccc(F)c(Br)c1. The lowest BCUT2D eigenvalue weighted by Gasteiger charge is -2.42. The van der Waals surface area contributed by atoms with E-state index in [4.69, 9.17) is 0 Å². The Morgan fingerprint density at radius 2 is 2.00 bits per heavy atom. The number of fused-ring (bicyclic) bond motifs is 1. The van der Waals surface area contributed by atoms with Crippen LogP contribution in [0.5, 0.6) is 0 Å². The van der Waals surface area contributed by atoms with Crippen LogP contribution in [0.3, 0.4) is 0 Å². The molecule has 2 saturated heterocycles. The van der Waals surface area contributed by atoms with Gasteiger partial charge < -0.3 is 5.32 Å². The summed E-state index contributed by atoms with van der Waals surface area (Å²) in [5.74, 6) is 0.243. The predicted octanol–water partition coefficient (Wildman–Crippen LogP) is 3.98. The molecule has 130 valence electrons. The Bertz CT molecular complexity index is 790. The molecule has 25 heavy (non-hydrogen) atoms. The van der Waals surface area contributed by atoms with E-state index in [1.807, 2.05) is 6.07 Å². The third-order valence-electron chi connectivity index (χ3n) is 5.46. The fourth-order valence-corrected chi connectivity index (χ4v) is 4.56. The summed E-state index contributed by atoms with van der Waals surface area (Å²) in [5, 5.41) is 3.06. The average molecular weight is 403 g/mol. The molecule has 1 N–H and O–H groups in total. The van der Waals surface area contributed by atoms with Crippen molar-refractivity contribution in [3.05, 3.63) is 69.9 Å². The summed E-state index contributed by atoms with van der Waals surface area (Å²) in [7, 11) is 0. The van der Waals surface area contributed by atoms with Crippen molar-refractivity contribution in [2.24, 2.45) is 5.92 Å². The first-order valence-electron chi connectivity index (χ1n) is 8.58. The van der Waals surface area contributed by atoms with Crippen molar-refractivity contribution in [1.29, 1.82) is 0 Å². The highest BCUT2D eigenvalue weighted by Gasteiger charge is 2.55. The van der Waals surface area contributed by atoms with Crippen molar-refractivity contribution in [3.63, 3.8) is 0 Å². The van der Waals surface area contributed by atoms with E-state index in [2.05, 4.69) is 50.4 Å². The zero-order valence-corrected chi connectivity index (χ0v) is 15.4. The van der Waals surface area contributed by atoms with Gasteiger partial charge in [0.05, 0.1) is 4.47 Å². The standard InChI is InChI=1S/C20H20BrFN2O/c21-17-8-16(6-7-18(17)22)19(25)23-13-20-9-15(10-20)12-24(20)11-14-4-2-1-3-5-14/h1-8,15H,9-13H2,(H,23,25). The van der Waals surface area contributed by atoms with E-state index in [-0.39, 0.29) is 17.3 Å². The van der Waals surface area contributed by atoms with Crippen LogP contribution in [0.15, 0.2) is 53.0 Å². The molecule has 0 unspecified atom stereocenters. The van der Waals surface area contributed by atoms with E-state index >= 15 is 0 Å². The second-order valence-electron chi connectivity index (χ2n) is 7.18. The van der Waals surface area contributed by atoms with Crippen LogP contribution in [0.4, 0.5) is 4.39 Å². The largest absolute Gasteiger partial charge is 0.350 e. The first-order chi connectivity index (χ1) is 12.1. The van der Waals surface area contributed by atoms with Crippen LogP contribution in [0.25, 0.3) is 0 Å². The van der Waals surface area contributed by atoms with Crippen LogP contribution in [-0.2, 0) is 6.54 Å². The number of halogens is 2. The number of rotatable bonds is 5. The van der Waals surface area contributed by atoms with Gasteiger partial charge in [-0.25, -0.2) is 4.39 Å². The first-order valence-corrected chi connectivity index (χ1v) is 9.37. The summed E-state index contributed by atoms with van der Waals surface area (Å²) in [5.41, 5.74) is 1.87. The number of carbonyl (C=O) groups is 1. The third kappa shape index (κ3) is 3.23. The highest BCUT2D eigenvalue weighted by Crippen LogP contribution is 2.50. The molecule has 1 saturated carbocycles. The number of amides is 1. The van der Waals surface area contributed by atoms with Gasteiger partial charge in [-0.3, -0.25) is 9.69 Å². The van der Waals surface area contributed by atoms with Gasteiger partial charge in [-0.2, -0.15) is 0 Å². The van der Waals surface area contributed by atoms with E-state index in [0.717, 1.165) is 31.8 Å². The zero-order chi connectivity index (χ0) is 17.4. The zero-order valence-electron chi connectivity index (χ0n) is 13.8. The van der Waals surface area contributed by atoms with Gasteiger partial charge in [0, 0.05) is 30.7 Å². The molecule has 0 atom stereocenters. The molecular weight excluding hydrogens is 383 g/mol. The summed E-state index contributed by atoms with van der Waals surface area (Å²) in [4.78, 5) is 14.9. The molecule has 3 nitrogen and oxygen atoms in total. The van der Waals surface area contributed by atoms with E-state index < -0.39 is 0 Å². The molecule has 2 aromatic carbocycles. The van der Waals surface area contributed by atoms with Gasteiger partial charge in [0.2, 0.25) is 0 Å². The molecule has 2 aromatic rings. The number of nitrogens with one attached hydrogen (secondary N) is 1. The van der Waals surface area contributed by atoms with Gasteiger partial charge >= 0.3 is 0 Å². The summed E-state index contributed by atoms with van der Waals surface area (Å²) in [6.45, 7) is 2.67. The topological polar surface area (TPSA) is 32.3 Å². The Hall–Kier alpha value is -1.72. The van der Waals surface area contributed by atoms with Gasteiger partial charge in [0.25, 0.3) is 5.91 Å². The molecule has 1 aliphatic carbocycles. The van der Waals surface area contributed by atoms with Gasteiger partial charge in [-0.1, -0.05) is 30.3 Å². The van der Waals surface area contributed by atoms with E-state index in [9.17, 15) is 9.18 Å². The van der Waals surface area contributed by atoms with Crippen LogP contribution in [0, 0.1) is 11.7 Å². The lowest BCUT2D eigenvalue weighted by molar-refractivity contribution is 0.0798. The maximum absolute atomic E-state index is 13.3. The Labute approximate surface area is 155 Å². The minimum Gasteiger partial charge on any atom is -0.350 e. The summed E-state index contributed by atoms with van der Waals surface area (Å²) < 4.78 is 13.6. The third-order valence-corrected chi connectivity index (χ3v) is 6.07. The predicted molar refractivity (Wildman–Crippen MR) is 98.7 cm³/mol. The van der Waals surface area contributed by atoms with Gasteiger partial charge in [-0.15, -0.1) is 0 Å². The lowest BCUT2D eigenvalue weighted by atomic mass is 9.73. The quantitative estimate of drug-likeness (QED) is 0.819. The lowest BCUT2D eigenvalue weighted by Crippen LogP contribution is -2.53. The van der Waals surface area contributed by atoms with E-state index in [0.29, 0.717) is 16.6 Å². The van der Waals surface area contributed by atoms with E-state index in [1.54, 1.807) is 0 Å². The maximum Gasteiger partial charge on any atom is 0.251 e. The molecule has 1 amide bonds. The molecule has 2 heterocycles. The normalized spacial score (nSPS) is 24.8. The average Bonchev–Trinajstić information content (AvgIpc) is 3.10. The number of benzene rings is 2. The minimum absolute atomic E-state index is 0.0768. The highest BCUT2D eigenvalue weighted by molar-refractivity contribution is 9.10. The molecule has 3 aliphatic rings. The second kappa shape index (κ2) is 6.54. The smallest absolute Gasteiger partial charge is 0.251 e. The Morgan fingerprint density at radius 1 is 1.24 bits per heavy atom. The molecule has 2 aliphatic heterocycles. The Balaban J connectivity index is 1.41. The summed E-state index contributed by atoms with van der Waals surface area (Å²) in [6, 6.07) is 14.8. The van der Waals surface area contributed by atoms with Crippen LogP contribution in [0.2, 0.25) is 0 Å². The monoisotopic (exact) mass is 402 g/mol. The van der Waals surface area contributed by atoms with Crippen molar-refractivity contribution >= 4 is 21.8 Å². The van der Waals surface area contributed by atoms with Gasteiger partial charge in [-0.05, 0) is 58.5 Å². The molecule has 5 heteroatoms. The fourth-order valence-electron chi connectivity index (χ4n) is 4.18. The van der Waals surface area contributed by atoms with Crippen LogP contribution < -0.4 is 5.32 Å². The van der Waals surface area contributed by atoms with Gasteiger partial charge in [0.15, 0.2) is 0 Å². The van der Waals surface area contributed by atoms with Crippen molar-refractivity contribution < 1.29 is 9.18 Å². The van der Waals surface area contributed by atoms with Crippen molar-refractivity contribution in [2.45, 2.75) is 24.9 Å². The van der Waals surface area contributed by atoms with E-state index in [1.165, 1.54) is 23.8 Å². The molecule has 3 fully saturated rings. The Kier molecular flexibility index (Phi) is 4.38. The minimum atomic E-state index is -0.359. The Morgan fingerprint density at radius 3 is 2.72 bits per heavy atom. The van der Waals surface area contributed by atoms with Crippen LogP contribution in [0.1, 0.15) is 28.8 Å². The second-order valence-corrected chi connectivity index (χ2v) is 8.03. The number of nitrogens with zero attached hydrogens (tertiary/aromatic N) is 1. The fraction of sp³-hybridized carbons (Fsp3) is 0.350. The van der Waals surface area contributed by atoms with Crippen molar-refractivity contribution in [1.82, 2.24) is 10.2 Å². The molecule has 0 aromatic heterocycles. The summed E-state index contributed by atoms with van der Waals surface area (Å²) in [6.07, 6.45) is 2.29. The first kappa shape index (κ1) is 16.7. The molecule has 0 spiro atoms. The van der Waals surface area contributed by atoms with Crippen molar-refractivity contribution in [2.75, 3.05) is 13.1 Å². The molecule has 2 bridgehead atoms. The number of carbonyl (C=O) groups excluding carboxylic acids is 1. The molecule has 0 radical (unpaired) electrons. The molecular formula is C20H20BrFN2O.